The van der Waals surface area contributed by atoms with E-state index in [-0.39, 0.29) is 10.8 Å². The molecule has 1 aromatic rings. The predicted molar refractivity (Wildman–Crippen MR) is 71.3 cm³/mol. The number of aliphatic imine (C=N–C) groups is 1. The van der Waals surface area contributed by atoms with Crippen LogP contribution in [0.3, 0.4) is 0 Å². The van der Waals surface area contributed by atoms with E-state index in [4.69, 9.17) is 16.3 Å². The van der Waals surface area contributed by atoms with Crippen LogP contribution in [0.25, 0.3) is 0 Å². The first kappa shape index (κ1) is 15.9. The van der Waals surface area contributed by atoms with Gasteiger partial charge >= 0.3 is 6.18 Å². The molecule has 0 bridgehead atoms. The molecule has 21 heavy (non-hydrogen) atoms. The summed E-state index contributed by atoms with van der Waals surface area (Å²) in [5.41, 5.74) is -1.49. The van der Waals surface area contributed by atoms with Gasteiger partial charge in [0.25, 0.3) is 0 Å². The van der Waals surface area contributed by atoms with Crippen LogP contribution < -0.4 is 4.74 Å². The molecule has 0 aliphatic heterocycles. The summed E-state index contributed by atoms with van der Waals surface area (Å²) in [5.74, 6) is -0.00396. The molecule has 7 heteroatoms. The number of halogens is 4. The number of ether oxygens (including phenoxy) is 1. The Bertz CT molecular complexity index is 589. The Morgan fingerprint density at radius 2 is 1.95 bits per heavy atom. The summed E-state index contributed by atoms with van der Waals surface area (Å²) < 4.78 is 43.6. The summed E-state index contributed by atoms with van der Waals surface area (Å²) in [7, 11) is 1.27. The molecule has 0 aromatic heterocycles. The first-order chi connectivity index (χ1) is 9.84. The van der Waals surface area contributed by atoms with Gasteiger partial charge in [-0.25, -0.2) is 4.79 Å². The average Bonchev–Trinajstić information content (AvgIpc) is 2.86. The van der Waals surface area contributed by atoms with Crippen LogP contribution in [0.4, 0.5) is 13.2 Å². The SMILES string of the molecule is COc1cc(C(F)(F)F)cc(Cl)c1C1(N=C=O)CCCC1. The van der Waals surface area contributed by atoms with Crippen molar-refractivity contribution in [2.45, 2.75) is 37.4 Å². The number of isocyanates is 1. The molecule has 1 aliphatic rings. The van der Waals surface area contributed by atoms with Gasteiger partial charge in [0.1, 0.15) is 11.3 Å². The number of hydrogen-bond donors (Lipinski definition) is 0. The Kier molecular flexibility index (Phi) is 4.30. The highest BCUT2D eigenvalue weighted by Crippen LogP contribution is 2.50. The van der Waals surface area contributed by atoms with Crippen molar-refractivity contribution in [1.82, 2.24) is 0 Å². The van der Waals surface area contributed by atoms with Crippen LogP contribution in [0.2, 0.25) is 5.02 Å². The Morgan fingerprint density at radius 1 is 1.33 bits per heavy atom. The van der Waals surface area contributed by atoms with E-state index < -0.39 is 17.3 Å². The van der Waals surface area contributed by atoms with Crippen molar-refractivity contribution in [2.75, 3.05) is 7.11 Å². The van der Waals surface area contributed by atoms with Crippen molar-refractivity contribution >= 4 is 17.7 Å². The Hall–Kier alpha value is -1.52. The quantitative estimate of drug-likeness (QED) is 0.609. The van der Waals surface area contributed by atoms with Crippen LogP contribution in [0.1, 0.15) is 36.8 Å². The molecule has 3 nitrogen and oxygen atoms in total. The standard InChI is InChI=1S/C14H13ClF3NO2/c1-21-11-7-9(14(16,17)18)6-10(15)12(11)13(19-8-20)4-2-3-5-13/h6-7H,2-5H2,1H3. The first-order valence-electron chi connectivity index (χ1n) is 6.38. The number of rotatable bonds is 3. The number of methoxy groups -OCH3 is 1. The Morgan fingerprint density at radius 3 is 2.43 bits per heavy atom. The van der Waals surface area contributed by atoms with E-state index in [2.05, 4.69) is 4.99 Å². The lowest BCUT2D eigenvalue weighted by Gasteiger charge is -2.27. The third kappa shape index (κ3) is 2.92. The second-order valence-corrected chi connectivity index (χ2v) is 5.38. The van der Waals surface area contributed by atoms with Crippen molar-refractivity contribution in [1.29, 1.82) is 0 Å². The van der Waals surface area contributed by atoms with Crippen LogP contribution in [-0.4, -0.2) is 13.2 Å². The largest absolute Gasteiger partial charge is 0.496 e. The van der Waals surface area contributed by atoms with Gasteiger partial charge < -0.3 is 4.74 Å². The number of benzene rings is 1. The minimum atomic E-state index is -4.52. The third-order valence-electron chi connectivity index (χ3n) is 3.76. The molecule has 0 amide bonds. The van der Waals surface area contributed by atoms with Gasteiger partial charge in [0.05, 0.1) is 17.7 Å². The molecule has 0 spiro atoms. The maximum absolute atomic E-state index is 12.8. The van der Waals surface area contributed by atoms with Crippen molar-refractivity contribution in [2.24, 2.45) is 4.99 Å². The molecule has 0 radical (unpaired) electrons. The van der Waals surface area contributed by atoms with Gasteiger partial charge in [0, 0.05) is 5.56 Å². The average molecular weight is 320 g/mol. The smallest absolute Gasteiger partial charge is 0.416 e. The predicted octanol–water partition coefficient (Wildman–Crippen LogP) is 4.47. The fourth-order valence-electron chi connectivity index (χ4n) is 2.82. The summed E-state index contributed by atoms with van der Waals surface area (Å²) in [5, 5.41) is -0.0948. The van der Waals surface area contributed by atoms with E-state index in [9.17, 15) is 18.0 Å². The summed E-state index contributed by atoms with van der Waals surface area (Å²) in [6, 6.07) is 1.74. The lowest BCUT2D eigenvalue weighted by molar-refractivity contribution is -0.137. The molecule has 0 unspecified atom stereocenters. The molecule has 1 aromatic carbocycles. The Labute approximate surface area is 124 Å². The maximum Gasteiger partial charge on any atom is 0.416 e. The number of nitrogens with zero attached hydrogens (tertiary/aromatic N) is 1. The molecule has 0 heterocycles. The molecule has 1 saturated carbocycles. The van der Waals surface area contributed by atoms with Gasteiger partial charge in [-0.05, 0) is 25.0 Å². The van der Waals surface area contributed by atoms with Gasteiger partial charge in [-0.1, -0.05) is 24.4 Å². The molecule has 1 fully saturated rings. The van der Waals surface area contributed by atoms with Crippen molar-refractivity contribution < 1.29 is 22.7 Å². The number of alkyl halides is 3. The van der Waals surface area contributed by atoms with Crippen LogP contribution in [-0.2, 0) is 16.5 Å². The minimum Gasteiger partial charge on any atom is -0.496 e. The van der Waals surface area contributed by atoms with Crippen molar-refractivity contribution in [3.8, 4) is 5.75 Å². The fourth-order valence-corrected chi connectivity index (χ4v) is 3.21. The normalized spacial score (nSPS) is 17.4. The minimum absolute atomic E-state index is 0.00396. The van der Waals surface area contributed by atoms with Gasteiger partial charge in [-0.3, -0.25) is 0 Å². The van der Waals surface area contributed by atoms with E-state index in [0.29, 0.717) is 18.4 Å². The molecule has 114 valence electrons. The van der Waals surface area contributed by atoms with Gasteiger partial charge in [0.15, 0.2) is 0 Å². The fraction of sp³-hybridized carbons (Fsp3) is 0.500. The summed E-state index contributed by atoms with van der Waals surface area (Å²) in [4.78, 5) is 14.6. The van der Waals surface area contributed by atoms with Gasteiger partial charge in [0.2, 0.25) is 6.08 Å². The van der Waals surface area contributed by atoms with Gasteiger partial charge in [-0.2, -0.15) is 18.2 Å². The second-order valence-electron chi connectivity index (χ2n) is 4.97. The van der Waals surface area contributed by atoms with Crippen molar-refractivity contribution in [3.63, 3.8) is 0 Å². The van der Waals surface area contributed by atoms with E-state index >= 15 is 0 Å². The summed E-state index contributed by atoms with van der Waals surface area (Å²) in [6.07, 6.45) is -0.325. The number of hydrogen-bond acceptors (Lipinski definition) is 3. The van der Waals surface area contributed by atoms with E-state index in [1.165, 1.54) is 13.2 Å². The van der Waals surface area contributed by atoms with Crippen molar-refractivity contribution in [3.05, 3.63) is 28.3 Å². The van der Waals surface area contributed by atoms with Crippen LogP contribution >= 0.6 is 11.6 Å². The molecule has 0 N–H and O–H groups in total. The lowest BCUT2D eigenvalue weighted by atomic mass is 9.87. The zero-order valence-corrected chi connectivity index (χ0v) is 12.0. The molecule has 1 aliphatic carbocycles. The molecule has 0 saturated heterocycles. The highest BCUT2D eigenvalue weighted by molar-refractivity contribution is 6.31. The van der Waals surface area contributed by atoms with Gasteiger partial charge in [-0.15, -0.1) is 0 Å². The van der Waals surface area contributed by atoms with E-state index in [1.807, 2.05) is 0 Å². The topological polar surface area (TPSA) is 38.7 Å². The zero-order chi connectivity index (χ0) is 15.7. The molecular weight excluding hydrogens is 307 g/mol. The van der Waals surface area contributed by atoms with E-state index in [0.717, 1.165) is 25.0 Å². The maximum atomic E-state index is 12.8. The second kappa shape index (κ2) is 5.70. The highest BCUT2D eigenvalue weighted by Gasteiger charge is 2.41. The highest BCUT2D eigenvalue weighted by atomic mass is 35.5. The van der Waals surface area contributed by atoms with Crippen LogP contribution in [0, 0.1) is 0 Å². The van der Waals surface area contributed by atoms with E-state index in [1.54, 1.807) is 0 Å². The number of carbonyl (C=O) groups excluding carboxylic acids is 1. The zero-order valence-electron chi connectivity index (χ0n) is 11.3. The van der Waals surface area contributed by atoms with Crippen LogP contribution in [0.15, 0.2) is 17.1 Å². The monoisotopic (exact) mass is 319 g/mol. The molecule has 0 atom stereocenters. The lowest BCUT2D eigenvalue weighted by Crippen LogP contribution is -2.21. The Balaban J connectivity index is 2.66. The first-order valence-corrected chi connectivity index (χ1v) is 6.76. The summed E-state index contributed by atoms with van der Waals surface area (Å²) >= 11 is 6.05. The van der Waals surface area contributed by atoms with Crippen LogP contribution in [0.5, 0.6) is 5.75 Å². The summed E-state index contributed by atoms with van der Waals surface area (Å²) in [6.45, 7) is 0. The molecular formula is C14H13ClF3NO2. The molecule has 2 rings (SSSR count). The third-order valence-corrected chi connectivity index (χ3v) is 4.06.